The van der Waals surface area contributed by atoms with E-state index >= 15 is 0 Å². The molecule has 4 heteroatoms. The second-order valence-electron chi connectivity index (χ2n) is 4.98. The number of rotatable bonds is 4. The van der Waals surface area contributed by atoms with Crippen LogP contribution in [0, 0.1) is 5.92 Å². The lowest BCUT2D eigenvalue weighted by Crippen LogP contribution is -2.38. The van der Waals surface area contributed by atoms with Gasteiger partial charge < -0.3 is 10.0 Å². The monoisotopic (exact) mass is 225 g/mol. The number of carbonyl (C=O) groups is 2. The Hall–Kier alpha value is -1.06. The molecule has 90 valence electrons. The fourth-order valence-electron chi connectivity index (χ4n) is 2.64. The van der Waals surface area contributed by atoms with Gasteiger partial charge in [-0.25, -0.2) is 0 Å². The molecule has 1 unspecified atom stereocenters. The Morgan fingerprint density at radius 3 is 2.44 bits per heavy atom. The van der Waals surface area contributed by atoms with Gasteiger partial charge in [-0.05, 0) is 31.6 Å². The van der Waals surface area contributed by atoms with E-state index in [4.69, 9.17) is 5.11 Å². The molecule has 1 atom stereocenters. The van der Waals surface area contributed by atoms with E-state index in [9.17, 15) is 9.59 Å². The highest BCUT2D eigenvalue weighted by molar-refractivity contribution is 5.78. The van der Waals surface area contributed by atoms with Crippen LogP contribution >= 0.6 is 0 Å². The Kier molecular flexibility index (Phi) is 3.46. The molecule has 0 bridgehead atoms. The van der Waals surface area contributed by atoms with E-state index in [-0.39, 0.29) is 18.4 Å². The van der Waals surface area contributed by atoms with Crippen LogP contribution in [0.25, 0.3) is 0 Å². The topological polar surface area (TPSA) is 57.6 Å². The smallest absolute Gasteiger partial charge is 0.305 e. The quantitative estimate of drug-likeness (QED) is 0.791. The van der Waals surface area contributed by atoms with Crippen molar-refractivity contribution in [3.8, 4) is 0 Å². The van der Waals surface area contributed by atoms with Gasteiger partial charge in [0.05, 0.1) is 6.42 Å². The highest BCUT2D eigenvalue weighted by atomic mass is 16.4. The van der Waals surface area contributed by atoms with Crippen LogP contribution in [0.5, 0.6) is 0 Å². The molecule has 4 nitrogen and oxygen atoms in total. The van der Waals surface area contributed by atoms with E-state index in [1.54, 1.807) is 4.90 Å². The molecule has 0 spiro atoms. The van der Waals surface area contributed by atoms with Gasteiger partial charge in [0.25, 0.3) is 0 Å². The van der Waals surface area contributed by atoms with E-state index in [1.165, 1.54) is 19.3 Å². The third-order valence-corrected chi connectivity index (χ3v) is 3.80. The van der Waals surface area contributed by atoms with E-state index in [1.807, 2.05) is 0 Å². The summed E-state index contributed by atoms with van der Waals surface area (Å²) in [6, 6.07) is -0.0509. The predicted molar refractivity (Wildman–Crippen MR) is 58.9 cm³/mol. The third-order valence-electron chi connectivity index (χ3n) is 3.80. The van der Waals surface area contributed by atoms with Crippen LogP contribution in [0.1, 0.15) is 44.9 Å². The van der Waals surface area contributed by atoms with Gasteiger partial charge in [-0.3, -0.25) is 9.59 Å². The summed E-state index contributed by atoms with van der Waals surface area (Å²) < 4.78 is 0. The van der Waals surface area contributed by atoms with Gasteiger partial charge in [-0.15, -0.1) is 0 Å². The third kappa shape index (κ3) is 2.54. The molecular formula is C12H19NO3. The van der Waals surface area contributed by atoms with Crippen molar-refractivity contribution < 1.29 is 14.7 Å². The van der Waals surface area contributed by atoms with Crippen molar-refractivity contribution in [1.29, 1.82) is 0 Å². The van der Waals surface area contributed by atoms with Crippen LogP contribution in [-0.2, 0) is 9.59 Å². The summed E-state index contributed by atoms with van der Waals surface area (Å²) in [6.45, 7) is 0.753. The molecule has 1 aliphatic heterocycles. The summed E-state index contributed by atoms with van der Waals surface area (Å²) in [5.41, 5.74) is 0. The summed E-state index contributed by atoms with van der Waals surface area (Å²) in [5, 5.41) is 8.77. The number of amides is 1. The SMILES string of the molecule is O=C(O)CC1CCCN1C(=O)CC1CCC1. The zero-order valence-corrected chi connectivity index (χ0v) is 9.52. The van der Waals surface area contributed by atoms with E-state index in [0.717, 1.165) is 19.4 Å². The molecular weight excluding hydrogens is 206 g/mol. The first-order valence-corrected chi connectivity index (χ1v) is 6.18. The molecule has 2 aliphatic rings. The maximum atomic E-state index is 12.0. The molecule has 1 heterocycles. The molecule has 1 saturated heterocycles. The lowest BCUT2D eigenvalue weighted by Gasteiger charge is -2.29. The van der Waals surface area contributed by atoms with Gasteiger partial charge in [0, 0.05) is 19.0 Å². The van der Waals surface area contributed by atoms with Gasteiger partial charge in [0.15, 0.2) is 0 Å². The van der Waals surface area contributed by atoms with Crippen molar-refractivity contribution in [2.24, 2.45) is 5.92 Å². The number of carbonyl (C=O) groups excluding carboxylic acids is 1. The van der Waals surface area contributed by atoms with Crippen molar-refractivity contribution in [1.82, 2.24) is 4.90 Å². The molecule has 0 aromatic rings. The Morgan fingerprint density at radius 1 is 1.12 bits per heavy atom. The normalized spacial score (nSPS) is 25.5. The maximum absolute atomic E-state index is 12.0. The number of nitrogens with zero attached hydrogens (tertiary/aromatic N) is 1. The fourth-order valence-corrected chi connectivity index (χ4v) is 2.64. The van der Waals surface area contributed by atoms with E-state index < -0.39 is 5.97 Å². The lowest BCUT2D eigenvalue weighted by atomic mass is 9.82. The number of likely N-dealkylation sites (tertiary alicyclic amines) is 1. The van der Waals surface area contributed by atoms with Crippen molar-refractivity contribution in [3.63, 3.8) is 0 Å². The van der Waals surface area contributed by atoms with Crippen LogP contribution in [0.4, 0.5) is 0 Å². The van der Waals surface area contributed by atoms with Crippen molar-refractivity contribution in [2.75, 3.05) is 6.54 Å². The average molecular weight is 225 g/mol. The number of aliphatic carboxylic acids is 1. The van der Waals surface area contributed by atoms with Crippen LogP contribution in [0.3, 0.4) is 0 Å². The number of hydrogen-bond acceptors (Lipinski definition) is 2. The van der Waals surface area contributed by atoms with Crippen molar-refractivity contribution >= 4 is 11.9 Å². The maximum Gasteiger partial charge on any atom is 0.305 e. The number of hydrogen-bond donors (Lipinski definition) is 1. The molecule has 1 amide bonds. The molecule has 16 heavy (non-hydrogen) atoms. The Bertz CT molecular complexity index is 286. The van der Waals surface area contributed by atoms with Gasteiger partial charge in [-0.1, -0.05) is 6.42 Å². The number of carboxylic acid groups (broad SMARTS) is 1. The van der Waals surface area contributed by atoms with Crippen LogP contribution in [0.15, 0.2) is 0 Å². The zero-order valence-electron chi connectivity index (χ0n) is 9.52. The molecule has 1 N–H and O–H groups in total. The van der Waals surface area contributed by atoms with E-state index in [0.29, 0.717) is 12.3 Å². The second kappa shape index (κ2) is 4.85. The summed E-state index contributed by atoms with van der Waals surface area (Å²) >= 11 is 0. The minimum atomic E-state index is -0.798. The molecule has 2 fully saturated rings. The van der Waals surface area contributed by atoms with Crippen molar-refractivity contribution in [2.45, 2.75) is 51.0 Å². The van der Waals surface area contributed by atoms with Gasteiger partial charge >= 0.3 is 5.97 Å². The summed E-state index contributed by atoms with van der Waals surface area (Å²) in [6.07, 6.45) is 6.13. The Morgan fingerprint density at radius 2 is 1.88 bits per heavy atom. The largest absolute Gasteiger partial charge is 0.481 e. The first-order valence-electron chi connectivity index (χ1n) is 6.18. The average Bonchev–Trinajstić information content (AvgIpc) is 2.58. The second-order valence-corrected chi connectivity index (χ2v) is 4.98. The molecule has 0 radical (unpaired) electrons. The highest BCUT2D eigenvalue weighted by Crippen LogP contribution is 2.31. The highest BCUT2D eigenvalue weighted by Gasteiger charge is 2.32. The van der Waals surface area contributed by atoms with Gasteiger partial charge in [-0.2, -0.15) is 0 Å². The molecule has 1 saturated carbocycles. The fraction of sp³-hybridized carbons (Fsp3) is 0.833. The minimum absolute atomic E-state index is 0.0509. The Balaban J connectivity index is 1.85. The van der Waals surface area contributed by atoms with E-state index in [2.05, 4.69) is 0 Å². The standard InChI is InChI=1S/C12H19NO3/c14-11(7-9-3-1-4-9)13-6-2-5-10(13)8-12(15)16/h9-10H,1-8H2,(H,15,16). The molecule has 0 aromatic carbocycles. The lowest BCUT2D eigenvalue weighted by molar-refractivity contribution is -0.140. The molecule has 1 aliphatic carbocycles. The zero-order chi connectivity index (χ0) is 11.5. The Labute approximate surface area is 95.6 Å². The first-order chi connectivity index (χ1) is 7.66. The van der Waals surface area contributed by atoms with Gasteiger partial charge in [0.1, 0.15) is 0 Å². The minimum Gasteiger partial charge on any atom is -0.481 e. The predicted octanol–water partition coefficient (Wildman–Crippen LogP) is 1.64. The summed E-state index contributed by atoms with van der Waals surface area (Å²) in [4.78, 5) is 24.4. The van der Waals surface area contributed by atoms with Gasteiger partial charge in [0.2, 0.25) is 5.91 Å². The first kappa shape index (κ1) is 11.4. The summed E-state index contributed by atoms with van der Waals surface area (Å²) in [7, 11) is 0. The van der Waals surface area contributed by atoms with Crippen LogP contribution in [-0.4, -0.2) is 34.5 Å². The van der Waals surface area contributed by atoms with Crippen LogP contribution < -0.4 is 0 Å². The van der Waals surface area contributed by atoms with Crippen LogP contribution in [0.2, 0.25) is 0 Å². The summed E-state index contributed by atoms with van der Waals surface area (Å²) in [5.74, 6) is -0.0552. The molecule has 0 aromatic heterocycles. The van der Waals surface area contributed by atoms with Crippen molar-refractivity contribution in [3.05, 3.63) is 0 Å². The molecule has 2 rings (SSSR count). The number of carboxylic acids is 1.